The fraction of sp³-hybridized carbons (Fsp3) is 0.533. The minimum Gasteiger partial charge on any atom is -0.395 e. The average Bonchev–Trinajstić information content (AvgIpc) is 3.50. The molecule has 2 N–H and O–H groups in total. The molecule has 2 aromatic heterocycles. The number of benzene rings is 1. The van der Waals surface area contributed by atoms with E-state index in [2.05, 4.69) is 49.2 Å². The molecular weight excluding hydrogens is 466 g/mol. The molecule has 2 aliphatic rings. The fourth-order valence-corrected chi connectivity index (χ4v) is 6.84. The van der Waals surface area contributed by atoms with Crippen LogP contribution in [0.3, 0.4) is 0 Å². The summed E-state index contributed by atoms with van der Waals surface area (Å²) in [5, 5.41) is 14.1. The molecule has 1 saturated heterocycles. The molecule has 1 aliphatic heterocycles. The van der Waals surface area contributed by atoms with Crippen molar-refractivity contribution in [2.75, 3.05) is 19.7 Å². The van der Waals surface area contributed by atoms with Crippen LogP contribution in [0.25, 0.3) is 10.2 Å². The number of carbonyl (C=O) groups is 1. The Morgan fingerprint density at radius 1 is 1.22 bits per heavy atom. The molecule has 1 fully saturated rings. The molecule has 1 unspecified atom stereocenters. The number of thiophene rings is 1. The van der Waals surface area contributed by atoms with Gasteiger partial charge in [0.05, 0.1) is 17.5 Å². The van der Waals surface area contributed by atoms with Crippen molar-refractivity contribution in [1.82, 2.24) is 15.2 Å². The molecule has 1 aromatic carbocycles. The second-order valence-electron chi connectivity index (χ2n) is 11.6. The van der Waals surface area contributed by atoms with Gasteiger partial charge in [-0.2, -0.15) is 0 Å². The van der Waals surface area contributed by atoms with E-state index in [9.17, 15) is 9.90 Å². The normalized spacial score (nSPS) is 21.4. The van der Waals surface area contributed by atoms with Gasteiger partial charge >= 0.3 is 0 Å². The van der Waals surface area contributed by atoms with Crippen molar-refractivity contribution in [3.8, 4) is 0 Å². The first kappa shape index (κ1) is 25.4. The number of likely N-dealkylation sites (tertiary alicyclic amines) is 1. The molecule has 0 radical (unpaired) electrons. The van der Waals surface area contributed by atoms with Crippen LogP contribution >= 0.6 is 11.3 Å². The lowest BCUT2D eigenvalue weighted by molar-refractivity contribution is 0.0931. The number of hydrogen-bond donors (Lipinski definition) is 2. The third-order valence-electron chi connectivity index (χ3n) is 8.24. The van der Waals surface area contributed by atoms with E-state index < -0.39 is 0 Å². The number of nitrogens with zero attached hydrogens (tertiary/aromatic N) is 2. The van der Waals surface area contributed by atoms with E-state index in [4.69, 9.17) is 4.98 Å². The van der Waals surface area contributed by atoms with Crippen molar-refractivity contribution in [3.05, 3.63) is 64.2 Å². The highest BCUT2D eigenvalue weighted by atomic mass is 32.1. The van der Waals surface area contributed by atoms with Gasteiger partial charge in [0.2, 0.25) is 0 Å². The summed E-state index contributed by atoms with van der Waals surface area (Å²) in [5.74, 6) is 0.635. The minimum absolute atomic E-state index is 0.0301. The van der Waals surface area contributed by atoms with E-state index in [0.29, 0.717) is 11.3 Å². The largest absolute Gasteiger partial charge is 0.395 e. The van der Waals surface area contributed by atoms with Gasteiger partial charge in [-0.25, -0.2) is 4.98 Å². The standard InChI is InChI=1S/C30H39N3O2S/c1-30(2,3)23-11-12-25-21(17-23)16-22-18-27(36-29(22)32-25)28(35)31-26(20-8-5-4-6-9-20)13-15-33-14-7-10-24(33)19-34/h4-6,8-9,16,18,23-24,26,34H,7,10-15,17,19H2,1-3H3,(H,31,35)/t23-,24-,26?/m0/s1. The number of aliphatic hydroxyl groups is 1. The Morgan fingerprint density at radius 2 is 2.03 bits per heavy atom. The van der Waals surface area contributed by atoms with E-state index in [1.807, 2.05) is 24.3 Å². The smallest absolute Gasteiger partial charge is 0.261 e. The highest BCUT2D eigenvalue weighted by Crippen LogP contribution is 2.38. The summed E-state index contributed by atoms with van der Waals surface area (Å²) in [5.41, 5.74) is 3.98. The molecule has 36 heavy (non-hydrogen) atoms. The first-order valence-corrected chi connectivity index (χ1v) is 14.3. The number of carbonyl (C=O) groups excluding carboxylic acids is 1. The van der Waals surface area contributed by atoms with Crippen molar-refractivity contribution in [3.63, 3.8) is 0 Å². The number of fused-ring (bicyclic) bond motifs is 2. The Labute approximate surface area is 218 Å². The average molecular weight is 506 g/mol. The second kappa shape index (κ2) is 10.6. The van der Waals surface area contributed by atoms with Crippen molar-refractivity contribution >= 4 is 27.5 Å². The lowest BCUT2D eigenvalue weighted by atomic mass is 9.71. The van der Waals surface area contributed by atoms with Crippen LogP contribution in [-0.2, 0) is 12.8 Å². The van der Waals surface area contributed by atoms with Gasteiger partial charge in [0.15, 0.2) is 0 Å². The molecular formula is C30H39N3O2S. The molecule has 1 amide bonds. The number of rotatable bonds is 7. The van der Waals surface area contributed by atoms with Gasteiger partial charge < -0.3 is 10.4 Å². The maximum atomic E-state index is 13.4. The van der Waals surface area contributed by atoms with Crippen LogP contribution in [0.1, 0.15) is 79.0 Å². The number of pyridine rings is 1. The maximum absolute atomic E-state index is 13.4. The Morgan fingerprint density at radius 3 is 2.78 bits per heavy atom. The number of amides is 1. The van der Waals surface area contributed by atoms with Crippen LogP contribution in [0, 0.1) is 11.3 Å². The Hall–Kier alpha value is -2.28. The zero-order chi connectivity index (χ0) is 25.3. The number of aryl methyl sites for hydroxylation is 1. The van der Waals surface area contributed by atoms with E-state index in [-0.39, 0.29) is 24.6 Å². The monoisotopic (exact) mass is 505 g/mol. The number of aliphatic hydroxyl groups excluding tert-OH is 1. The minimum atomic E-state index is -0.0717. The summed E-state index contributed by atoms with van der Waals surface area (Å²) in [6, 6.07) is 14.7. The molecule has 0 saturated carbocycles. The Balaban J connectivity index is 1.33. The lowest BCUT2D eigenvalue weighted by Gasteiger charge is -2.34. The van der Waals surface area contributed by atoms with Crippen molar-refractivity contribution < 1.29 is 9.90 Å². The Kier molecular flexibility index (Phi) is 7.47. The SMILES string of the molecule is CC(C)(C)[C@H]1CCc2nc3sc(C(=O)NC(CCN4CCC[C@H]4CO)c4ccccc4)cc3cc2C1. The fourth-order valence-electron chi connectivity index (χ4n) is 5.90. The van der Waals surface area contributed by atoms with Crippen molar-refractivity contribution in [2.24, 2.45) is 11.3 Å². The molecule has 5 rings (SSSR count). The van der Waals surface area contributed by atoms with Gasteiger partial charge in [-0.3, -0.25) is 9.69 Å². The van der Waals surface area contributed by atoms with Crippen LogP contribution in [-0.4, -0.2) is 46.6 Å². The van der Waals surface area contributed by atoms with Gasteiger partial charge in [-0.1, -0.05) is 51.1 Å². The van der Waals surface area contributed by atoms with Gasteiger partial charge in [-0.05, 0) is 79.7 Å². The topological polar surface area (TPSA) is 65.5 Å². The molecule has 5 nitrogen and oxygen atoms in total. The maximum Gasteiger partial charge on any atom is 0.261 e. The van der Waals surface area contributed by atoms with Crippen LogP contribution in [0.15, 0.2) is 42.5 Å². The van der Waals surface area contributed by atoms with Gasteiger partial charge in [0.1, 0.15) is 4.83 Å². The molecule has 3 atom stereocenters. The second-order valence-corrected chi connectivity index (χ2v) is 12.7. The van der Waals surface area contributed by atoms with Gasteiger partial charge in [0.25, 0.3) is 5.91 Å². The summed E-state index contributed by atoms with van der Waals surface area (Å²) in [7, 11) is 0. The first-order chi connectivity index (χ1) is 17.3. The van der Waals surface area contributed by atoms with Crippen LogP contribution in [0.4, 0.5) is 0 Å². The lowest BCUT2D eigenvalue weighted by Crippen LogP contribution is -2.36. The number of hydrogen-bond acceptors (Lipinski definition) is 5. The van der Waals surface area contributed by atoms with Crippen LogP contribution in [0.2, 0.25) is 0 Å². The van der Waals surface area contributed by atoms with Crippen LogP contribution < -0.4 is 5.32 Å². The van der Waals surface area contributed by atoms with Gasteiger partial charge in [-0.15, -0.1) is 11.3 Å². The van der Waals surface area contributed by atoms with Gasteiger partial charge in [0, 0.05) is 23.7 Å². The third-order valence-corrected chi connectivity index (χ3v) is 9.29. The van der Waals surface area contributed by atoms with E-state index in [1.165, 1.54) is 29.0 Å². The molecule has 6 heteroatoms. The first-order valence-electron chi connectivity index (χ1n) is 13.4. The molecule has 0 bridgehead atoms. The van der Waals surface area contributed by atoms with Crippen molar-refractivity contribution in [2.45, 2.75) is 71.4 Å². The number of aromatic nitrogens is 1. The van der Waals surface area contributed by atoms with E-state index >= 15 is 0 Å². The zero-order valence-electron chi connectivity index (χ0n) is 21.8. The highest BCUT2D eigenvalue weighted by Gasteiger charge is 2.30. The Bertz CT molecular complexity index is 1200. The predicted molar refractivity (Wildman–Crippen MR) is 148 cm³/mol. The summed E-state index contributed by atoms with van der Waals surface area (Å²) < 4.78 is 0. The van der Waals surface area contributed by atoms with E-state index in [1.54, 1.807) is 0 Å². The predicted octanol–water partition coefficient (Wildman–Crippen LogP) is 5.77. The summed E-state index contributed by atoms with van der Waals surface area (Å²) in [6.07, 6.45) is 6.27. The van der Waals surface area contributed by atoms with E-state index in [0.717, 1.165) is 65.9 Å². The quantitative estimate of drug-likeness (QED) is 0.428. The summed E-state index contributed by atoms with van der Waals surface area (Å²) in [4.78, 5) is 22.5. The molecule has 3 aromatic rings. The summed E-state index contributed by atoms with van der Waals surface area (Å²) in [6.45, 7) is 9.08. The van der Waals surface area contributed by atoms with Crippen molar-refractivity contribution in [1.29, 1.82) is 0 Å². The molecule has 0 spiro atoms. The van der Waals surface area contributed by atoms with Crippen LogP contribution in [0.5, 0.6) is 0 Å². The molecule has 192 valence electrons. The third kappa shape index (κ3) is 5.51. The number of nitrogens with one attached hydrogen (secondary N) is 1. The highest BCUT2D eigenvalue weighted by molar-refractivity contribution is 7.20. The zero-order valence-corrected chi connectivity index (χ0v) is 22.6. The molecule has 1 aliphatic carbocycles. The summed E-state index contributed by atoms with van der Waals surface area (Å²) >= 11 is 1.50. The molecule has 3 heterocycles.